The van der Waals surface area contributed by atoms with Crippen LogP contribution in [-0.4, -0.2) is 109 Å². The summed E-state index contributed by atoms with van der Waals surface area (Å²) in [7, 11) is 0. The number of nitrogens with one attached hydrogen (secondary N) is 1. The van der Waals surface area contributed by atoms with Crippen molar-refractivity contribution in [1.29, 1.82) is 0 Å². The van der Waals surface area contributed by atoms with Gasteiger partial charge in [-0.1, -0.05) is 0 Å². The van der Waals surface area contributed by atoms with Gasteiger partial charge in [-0.3, -0.25) is 14.4 Å². The van der Waals surface area contributed by atoms with Crippen molar-refractivity contribution in [2.45, 2.75) is 18.9 Å². The number of carbonyl (C=O) groups excluding carboxylic acids is 3. The maximum absolute atomic E-state index is 12.5. The summed E-state index contributed by atoms with van der Waals surface area (Å²) < 4.78 is 5.25. The average Bonchev–Trinajstić information content (AvgIpc) is 2.69. The van der Waals surface area contributed by atoms with Crippen LogP contribution in [0.5, 0.6) is 0 Å². The number of morpholine rings is 1. The van der Waals surface area contributed by atoms with Crippen molar-refractivity contribution in [1.82, 2.24) is 20.0 Å². The normalized spacial score (nSPS) is 24.7. The minimum Gasteiger partial charge on any atom is -0.378 e. The van der Waals surface area contributed by atoms with E-state index in [2.05, 4.69) is 5.32 Å². The standard InChI is InChI=1S/C17H28N4O4S/c22-15-10-18-3-5-21(15)14-2-1-4-20(11-14)17(24)13-26-12-16(23)19-6-8-25-9-7-19/h14,18H,1-13H2. The summed E-state index contributed by atoms with van der Waals surface area (Å²) in [5.74, 6) is 0.921. The van der Waals surface area contributed by atoms with Crippen LogP contribution in [0.4, 0.5) is 0 Å². The van der Waals surface area contributed by atoms with Crippen LogP contribution in [0.15, 0.2) is 0 Å². The zero-order chi connectivity index (χ0) is 18.4. The molecule has 1 N–H and O–H groups in total. The molecule has 0 spiro atoms. The number of amides is 3. The van der Waals surface area contributed by atoms with Crippen molar-refractivity contribution in [2.75, 3.05) is 70.5 Å². The molecule has 0 bridgehead atoms. The molecule has 1 unspecified atom stereocenters. The average molecular weight is 385 g/mol. The zero-order valence-corrected chi connectivity index (χ0v) is 16.0. The maximum Gasteiger partial charge on any atom is 0.236 e. The van der Waals surface area contributed by atoms with Gasteiger partial charge in [0.25, 0.3) is 0 Å². The number of carbonyl (C=O) groups is 3. The second-order valence-electron chi connectivity index (χ2n) is 6.89. The lowest BCUT2D eigenvalue weighted by atomic mass is 10.0. The Labute approximate surface area is 158 Å². The van der Waals surface area contributed by atoms with Crippen LogP contribution in [0.1, 0.15) is 12.8 Å². The van der Waals surface area contributed by atoms with Crippen molar-refractivity contribution >= 4 is 29.5 Å². The Morgan fingerprint density at radius 1 is 1.08 bits per heavy atom. The Balaban J connectivity index is 1.41. The van der Waals surface area contributed by atoms with Crippen LogP contribution in [0.3, 0.4) is 0 Å². The van der Waals surface area contributed by atoms with E-state index in [4.69, 9.17) is 4.74 Å². The SMILES string of the molecule is O=C(CSCC(=O)N1CCCC(N2CCNCC2=O)C1)N1CCOCC1. The van der Waals surface area contributed by atoms with E-state index in [1.54, 1.807) is 4.90 Å². The molecule has 0 saturated carbocycles. The summed E-state index contributed by atoms with van der Waals surface area (Å²) in [6.07, 6.45) is 1.88. The summed E-state index contributed by atoms with van der Waals surface area (Å²) in [5.41, 5.74) is 0. The first-order valence-corrected chi connectivity index (χ1v) is 10.5. The molecule has 3 heterocycles. The quantitative estimate of drug-likeness (QED) is 0.655. The third-order valence-electron chi connectivity index (χ3n) is 5.13. The summed E-state index contributed by atoms with van der Waals surface area (Å²) in [4.78, 5) is 42.3. The largest absolute Gasteiger partial charge is 0.378 e. The van der Waals surface area contributed by atoms with Gasteiger partial charge in [0.15, 0.2) is 0 Å². The van der Waals surface area contributed by atoms with Gasteiger partial charge in [0, 0.05) is 45.3 Å². The maximum atomic E-state index is 12.5. The third-order valence-corrected chi connectivity index (χ3v) is 6.03. The Morgan fingerprint density at radius 3 is 2.54 bits per heavy atom. The van der Waals surface area contributed by atoms with Crippen LogP contribution >= 0.6 is 11.8 Å². The Kier molecular flexibility index (Phi) is 7.15. The van der Waals surface area contributed by atoms with Crippen LogP contribution in [0.2, 0.25) is 0 Å². The minimum absolute atomic E-state index is 0.0667. The highest BCUT2D eigenvalue weighted by molar-refractivity contribution is 8.00. The molecule has 9 heteroatoms. The molecule has 3 amide bonds. The number of hydrogen-bond acceptors (Lipinski definition) is 6. The summed E-state index contributed by atoms with van der Waals surface area (Å²) in [6.45, 7) is 5.74. The lowest BCUT2D eigenvalue weighted by Gasteiger charge is -2.41. The van der Waals surface area contributed by atoms with Crippen molar-refractivity contribution < 1.29 is 19.1 Å². The van der Waals surface area contributed by atoms with Crippen molar-refractivity contribution in [2.24, 2.45) is 0 Å². The molecule has 0 aromatic carbocycles. The van der Waals surface area contributed by atoms with Gasteiger partial charge in [0.1, 0.15) is 0 Å². The molecular formula is C17H28N4O4S. The molecule has 26 heavy (non-hydrogen) atoms. The minimum atomic E-state index is 0.0667. The molecule has 1 atom stereocenters. The molecule has 3 fully saturated rings. The van der Waals surface area contributed by atoms with Crippen molar-refractivity contribution in [3.63, 3.8) is 0 Å². The molecule has 0 aliphatic carbocycles. The third kappa shape index (κ3) is 5.11. The fraction of sp³-hybridized carbons (Fsp3) is 0.824. The molecule has 3 aliphatic rings. The van der Waals surface area contributed by atoms with Gasteiger partial charge >= 0.3 is 0 Å². The summed E-state index contributed by atoms with van der Waals surface area (Å²) in [6, 6.07) is 0.127. The van der Waals surface area contributed by atoms with E-state index in [9.17, 15) is 14.4 Å². The van der Waals surface area contributed by atoms with E-state index in [0.717, 1.165) is 25.9 Å². The first-order valence-electron chi connectivity index (χ1n) is 9.36. The van der Waals surface area contributed by atoms with E-state index in [-0.39, 0.29) is 23.8 Å². The van der Waals surface area contributed by atoms with E-state index in [1.165, 1.54) is 11.8 Å². The molecule has 146 valence electrons. The van der Waals surface area contributed by atoms with Gasteiger partial charge in [-0.25, -0.2) is 0 Å². The number of likely N-dealkylation sites (tertiary alicyclic amines) is 1. The van der Waals surface area contributed by atoms with Crippen LogP contribution in [0.25, 0.3) is 0 Å². The van der Waals surface area contributed by atoms with Gasteiger partial charge in [0.05, 0.1) is 31.3 Å². The first-order chi connectivity index (χ1) is 12.6. The van der Waals surface area contributed by atoms with E-state index in [0.29, 0.717) is 57.4 Å². The lowest BCUT2D eigenvalue weighted by molar-refractivity contribution is -0.139. The number of hydrogen-bond donors (Lipinski definition) is 1. The Morgan fingerprint density at radius 2 is 1.81 bits per heavy atom. The van der Waals surface area contributed by atoms with Gasteiger partial charge in [-0.15, -0.1) is 11.8 Å². The monoisotopic (exact) mass is 384 g/mol. The van der Waals surface area contributed by atoms with Crippen LogP contribution < -0.4 is 5.32 Å². The fourth-order valence-corrected chi connectivity index (χ4v) is 4.48. The Bertz CT molecular complexity index is 527. The molecule has 8 nitrogen and oxygen atoms in total. The predicted octanol–water partition coefficient (Wildman–Crippen LogP) is -0.999. The van der Waals surface area contributed by atoms with Crippen LogP contribution in [-0.2, 0) is 19.1 Å². The molecule has 3 saturated heterocycles. The van der Waals surface area contributed by atoms with E-state index >= 15 is 0 Å². The predicted molar refractivity (Wildman–Crippen MR) is 98.9 cm³/mol. The van der Waals surface area contributed by atoms with E-state index in [1.807, 2.05) is 9.80 Å². The number of nitrogens with zero attached hydrogens (tertiary/aromatic N) is 3. The Hall–Kier alpha value is -1.32. The molecule has 0 aromatic heterocycles. The van der Waals surface area contributed by atoms with Gasteiger partial charge in [0.2, 0.25) is 17.7 Å². The zero-order valence-electron chi connectivity index (χ0n) is 15.2. The number of thioether (sulfide) groups is 1. The smallest absolute Gasteiger partial charge is 0.236 e. The number of piperazine rings is 1. The molecule has 0 radical (unpaired) electrons. The highest BCUT2D eigenvalue weighted by atomic mass is 32.2. The number of rotatable bonds is 5. The molecule has 3 rings (SSSR count). The molecular weight excluding hydrogens is 356 g/mol. The second-order valence-corrected chi connectivity index (χ2v) is 7.87. The fourth-order valence-electron chi connectivity index (χ4n) is 3.66. The number of ether oxygens (including phenoxy) is 1. The highest BCUT2D eigenvalue weighted by Crippen LogP contribution is 2.18. The van der Waals surface area contributed by atoms with Gasteiger partial charge < -0.3 is 24.8 Å². The lowest BCUT2D eigenvalue weighted by Crippen LogP contribution is -2.57. The highest BCUT2D eigenvalue weighted by Gasteiger charge is 2.31. The molecule has 0 aromatic rings. The van der Waals surface area contributed by atoms with Crippen molar-refractivity contribution in [3.8, 4) is 0 Å². The first kappa shape index (κ1) is 19.4. The van der Waals surface area contributed by atoms with Gasteiger partial charge in [-0.2, -0.15) is 0 Å². The second kappa shape index (κ2) is 9.57. The topological polar surface area (TPSA) is 82.2 Å². The summed E-state index contributed by atoms with van der Waals surface area (Å²) >= 11 is 1.38. The molecule has 3 aliphatic heterocycles. The van der Waals surface area contributed by atoms with Gasteiger partial charge in [-0.05, 0) is 12.8 Å². The van der Waals surface area contributed by atoms with Crippen LogP contribution in [0, 0.1) is 0 Å². The summed E-state index contributed by atoms with van der Waals surface area (Å²) in [5, 5.41) is 3.08. The number of piperidine rings is 1. The van der Waals surface area contributed by atoms with E-state index < -0.39 is 0 Å². The van der Waals surface area contributed by atoms with Crippen molar-refractivity contribution in [3.05, 3.63) is 0 Å².